The van der Waals surface area contributed by atoms with Gasteiger partial charge in [0.2, 0.25) is 5.91 Å². The van der Waals surface area contributed by atoms with E-state index in [1.807, 2.05) is 38.1 Å². The van der Waals surface area contributed by atoms with Crippen molar-refractivity contribution in [2.75, 3.05) is 10.6 Å². The number of nitrogens with zero attached hydrogens (tertiary/aromatic N) is 2. The summed E-state index contributed by atoms with van der Waals surface area (Å²) in [5.74, 6) is 0.729. The molecule has 0 saturated carbocycles. The average molecular weight is 272 g/mol. The summed E-state index contributed by atoms with van der Waals surface area (Å²) in [4.78, 5) is 16.3. The van der Waals surface area contributed by atoms with Crippen LogP contribution in [-0.4, -0.2) is 22.1 Å². The fourth-order valence-corrected chi connectivity index (χ4v) is 2.15. The zero-order chi connectivity index (χ0) is 14.1. The first-order chi connectivity index (χ1) is 9.63. The summed E-state index contributed by atoms with van der Waals surface area (Å²) >= 11 is 0. The van der Waals surface area contributed by atoms with Gasteiger partial charge in [-0.15, -0.1) is 0 Å². The summed E-state index contributed by atoms with van der Waals surface area (Å²) in [6.07, 6.45) is 0.599. The van der Waals surface area contributed by atoms with Gasteiger partial charge in [0.1, 0.15) is 6.04 Å². The van der Waals surface area contributed by atoms with Crippen molar-refractivity contribution in [2.24, 2.45) is 0 Å². The second-order valence-electron chi connectivity index (χ2n) is 5.16. The van der Waals surface area contributed by atoms with Gasteiger partial charge >= 0.3 is 6.01 Å². The Balaban J connectivity index is 1.76. The van der Waals surface area contributed by atoms with Crippen molar-refractivity contribution in [3.8, 4) is 0 Å². The molecule has 1 aliphatic heterocycles. The molecule has 2 heterocycles. The van der Waals surface area contributed by atoms with Crippen molar-refractivity contribution in [1.82, 2.24) is 10.1 Å². The molecule has 1 atom stereocenters. The van der Waals surface area contributed by atoms with E-state index in [1.54, 1.807) is 0 Å². The summed E-state index contributed by atoms with van der Waals surface area (Å²) in [6.45, 7) is 3.97. The zero-order valence-corrected chi connectivity index (χ0v) is 11.4. The molecule has 0 spiro atoms. The standard InChI is InChI=1S/C14H16N4O2/c1-8(2)12-17-14(20-18-12)16-11-7-9-5-3-4-6-10(9)15-13(11)19/h3-6,8,11H,7H2,1-2H3,(H,15,19)(H,16,17,18). The summed E-state index contributed by atoms with van der Waals surface area (Å²) in [5, 5.41) is 9.73. The molecule has 0 aliphatic carbocycles. The average Bonchev–Trinajstić information content (AvgIpc) is 2.88. The molecular weight excluding hydrogens is 256 g/mol. The van der Waals surface area contributed by atoms with E-state index in [9.17, 15) is 4.79 Å². The van der Waals surface area contributed by atoms with Crippen LogP contribution in [0.3, 0.4) is 0 Å². The predicted molar refractivity (Wildman–Crippen MR) is 74.6 cm³/mol. The number of rotatable bonds is 3. The molecule has 0 radical (unpaired) electrons. The van der Waals surface area contributed by atoms with Gasteiger partial charge in [0.15, 0.2) is 5.82 Å². The summed E-state index contributed by atoms with van der Waals surface area (Å²) < 4.78 is 5.11. The molecule has 0 bridgehead atoms. The Morgan fingerprint density at radius 3 is 2.95 bits per heavy atom. The lowest BCUT2D eigenvalue weighted by Gasteiger charge is -2.24. The Kier molecular flexibility index (Phi) is 3.14. The molecule has 1 amide bonds. The maximum absolute atomic E-state index is 12.0. The molecule has 104 valence electrons. The molecule has 6 heteroatoms. The third-order valence-electron chi connectivity index (χ3n) is 3.27. The van der Waals surface area contributed by atoms with Crippen LogP contribution in [0.1, 0.15) is 31.2 Å². The van der Waals surface area contributed by atoms with E-state index in [0.29, 0.717) is 12.2 Å². The number of aromatic nitrogens is 2. The van der Waals surface area contributed by atoms with Gasteiger partial charge < -0.3 is 15.2 Å². The van der Waals surface area contributed by atoms with E-state index in [1.165, 1.54) is 0 Å². The maximum atomic E-state index is 12.0. The third kappa shape index (κ3) is 2.36. The van der Waals surface area contributed by atoms with Gasteiger partial charge in [0, 0.05) is 18.0 Å². The Morgan fingerprint density at radius 1 is 1.40 bits per heavy atom. The molecule has 6 nitrogen and oxygen atoms in total. The minimum absolute atomic E-state index is 0.0898. The van der Waals surface area contributed by atoms with Crippen molar-refractivity contribution in [3.63, 3.8) is 0 Å². The highest BCUT2D eigenvalue weighted by Gasteiger charge is 2.27. The van der Waals surface area contributed by atoms with E-state index >= 15 is 0 Å². The van der Waals surface area contributed by atoms with Crippen LogP contribution in [0.4, 0.5) is 11.7 Å². The molecule has 2 N–H and O–H groups in total. The monoisotopic (exact) mass is 272 g/mol. The lowest BCUT2D eigenvalue weighted by atomic mass is 9.99. The van der Waals surface area contributed by atoms with Crippen molar-refractivity contribution in [3.05, 3.63) is 35.7 Å². The van der Waals surface area contributed by atoms with Crippen molar-refractivity contribution < 1.29 is 9.32 Å². The minimum Gasteiger partial charge on any atom is -0.326 e. The van der Waals surface area contributed by atoms with Gasteiger partial charge in [0.25, 0.3) is 0 Å². The Hall–Kier alpha value is -2.37. The summed E-state index contributed by atoms with van der Waals surface area (Å²) in [6, 6.07) is 7.64. The third-order valence-corrected chi connectivity index (χ3v) is 3.27. The van der Waals surface area contributed by atoms with Gasteiger partial charge in [0.05, 0.1) is 0 Å². The Bertz CT molecular complexity index is 636. The molecule has 0 saturated heterocycles. The van der Waals surface area contributed by atoms with Gasteiger partial charge in [-0.1, -0.05) is 37.2 Å². The van der Waals surface area contributed by atoms with Crippen LogP contribution >= 0.6 is 0 Å². The number of carbonyl (C=O) groups is 1. The topological polar surface area (TPSA) is 80.0 Å². The van der Waals surface area contributed by atoms with E-state index in [0.717, 1.165) is 11.3 Å². The Labute approximate surface area is 116 Å². The molecule has 1 aromatic carbocycles. The molecule has 1 unspecified atom stereocenters. The van der Waals surface area contributed by atoms with Gasteiger partial charge in [-0.3, -0.25) is 4.79 Å². The first-order valence-corrected chi connectivity index (χ1v) is 6.62. The highest BCUT2D eigenvalue weighted by Crippen LogP contribution is 2.23. The zero-order valence-electron chi connectivity index (χ0n) is 11.4. The SMILES string of the molecule is CC(C)c1noc(NC2Cc3ccccc3NC2=O)n1. The number of benzene rings is 1. The van der Waals surface area contributed by atoms with Crippen LogP contribution in [0.25, 0.3) is 0 Å². The lowest BCUT2D eigenvalue weighted by Crippen LogP contribution is -2.40. The van der Waals surface area contributed by atoms with Crippen LogP contribution in [0, 0.1) is 0 Å². The smallest absolute Gasteiger partial charge is 0.322 e. The van der Waals surface area contributed by atoms with Crippen LogP contribution in [0.5, 0.6) is 0 Å². The second kappa shape index (κ2) is 4.96. The number of amides is 1. The number of para-hydroxylation sites is 1. The predicted octanol–water partition coefficient (Wildman–Crippen LogP) is 2.17. The largest absolute Gasteiger partial charge is 0.326 e. The van der Waals surface area contributed by atoms with Crippen molar-refractivity contribution in [1.29, 1.82) is 0 Å². The van der Waals surface area contributed by atoms with E-state index in [2.05, 4.69) is 20.8 Å². The summed E-state index contributed by atoms with van der Waals surface area (Å²) in [7, 11) is 0. The second-order valence-corrected chi connectivity index (χ2v) is 5.16. The van der Waals surface area contributed by atoms with Crippen molar-refractivity contribution >= 4 is 17.6 Å². The quantitative estimate of drug-likeness (QED) is 0.895. The molecular formula is C14H16N4O2. The minimum atomic E-state index is -0.398. The normalized spacial score (nSPS) is 17.8. The number of hydrogen-bond acceptors (Lipinski definition) is 5. The lowest BCUT2D eigenvalue weighted by molar-refractivity contribution is -0.117. The molecule has 1 aliphatic rings. The van der Waals surface area contributed by atoms with Crippen LogP contribution in [0.2, 0.25) is 0 Å². The van der Waals surface area contributed by atoms with Crippen LogP contribution in [0.15, 0.2) is 28.8 Å². The highest BCUT2D eigenvalue weighted by molar-refractivity contribution is 5.99. The maximum Gasteiger partial charge on any atom is 0.322 e. The summed E-state index contributed by atoms with van der Waals surface area (Å²) in [5.41, 5.74) is 1.96. The first kappa shape index (κ1) is 12.7. The number of nitrogens with one attached hydrogen (secondary N) is 2. The molecule has 20 heavy (non-hydrogen) atoms. The van der Waals surface area contributed by atoms with Crippen LogP contribution in [-0.2, 0) is 11.2 Å². The molecule has 2 aromatic rings. The molecule has 0 fully saturated rings. The van der Waals surface area contributed by atoms with E-state index < -0.39 is 6.04 Å². The number of anilines is 2. The van der Waals surface area contributed by atoms with Gasteiger partial charge in [-0.2, -0.15) is 4.98 Å². The molecule has 1 aromatic heterocycles. The van der Waals surface area contributed by atoms with E-state index in [-0.39, 0.29) is 17.8 Å². The van der Waals surface area contributed by atoms with Gasteiger partial charge in [-0.25, -0.2) is 0 Å². The number of hydrogen-bond donors (Lipinski definition) is 2. The van der Waals surface area contributed by atoms with Gasteiger partial charge in [-0.05, 0) is 11.6 Å². The first-order valence-electron chi connectivity index (χ1n) is 6.62. The number of fused-ring (bicyclic) bond motifs is 1. The fraction of sp³-hybridized carbons (Fsp3) is 0.357. The number of carbonyl (C=O) groups excluding carboxylic acids is 1. The van der Waals surface area contributed by atoms with Crippen LogP contribution < -0.4 is 10.6 Å². The fourth-order valence-electron chi connectivity index (χ4n) is 2.15. The van der Waals surface area contributed by atoms with Crippen molar-refractivity contribution in [2.45, 2.75) is 32.2 Å². The van der Waals surface area contributed by atoms with E-state index in [4.69, 9.17) is 4.52 Å². The highest BCUT2D eigenvalue weighted by atomic mass is 16.5. The molecule has 3 rings (SSSR count). The Morgan fingerprint density at radius 2 is 2.20 bits per heavy atom.